The van der Waals surface area contributed by atoms with E-state index in [0.29, 0.717) is 6.61 Å². The number of hydrogen-bond acceptors (Lipinski definition) is 3. The summed E-state index contributed by atoms with van der Waals surface area (Å²) in [5.41, 5.74) is 2.34. The molecule has 0 heterocycles. The van der Waals surface area contributed by atoms with Crippen LogP contribution in [-0.4, -0.2) is 13.2 Å². The first-order chi connectivity index (χ1) is 10.2. The molecule has 2 aromatic rings. The van der Waals surface area contributed by atoms with Gasteiger partial charge < -0.3 is 14.8 Å². The molecule has 0 aliphatic heterocycles. The van der Waals surface area contributed by atoms with Crippen LogP contribution in [0.15, 0.2) is 42.5 Å². The Labute approximate surface area is 126 Å². The quantitative estimate of drug-likeness (QED) is 0.823. The SMILES string of the molecule is CCNCc1ccc(C)c(Oc2cccc(OCC)c2)c1. The highest BCUT2D eigenvalue weighted by Crippen LogP contribution is 2.28. The maximum absolute atomic E-state index is 6.01. The van der Waals surface area contributed by atoms with Crippen molar-refractivity contribution in [3.8, 4) is 17.2 Å². The van der Waals surface area contributed by atoms with Crippen LogP contribution in [0, 0.1) is 6.92 Å². The molecule has 0 bridgehead atoms. The van der Waals surface area contributed by atoms with Crippen LogP contribution in [0.2, 0.25) is 0 Å². The minimum absolute atomic E-state index is 0.653. The van der Waals surface area contributed by atoms with Gasteiger partial charge >= 0.3 is 0 Å². The van der Waals surface area contributed by atoms with Gasteiger partial charge in [0.25, 0.3) is 0 Å². The maximum atomic E-state index is 6.01. The van der Waals surface area contributed by atoms with Crippen molar-refractivity contribution in [1.29, 1.82) is 0 Å². The highest BCUT2D eigenvalue weighted by molar-refractivity contribution is 5.42. The molecule has 2 aromatic carbocycles. The van der Waals surface area contributed by atoms with Gasteiger partial charge in [-0.2, -0.15) is 0 Å². The lowest BCUT2D eigenvalue weighted by atomic mass is 10.1. The van der Waals surface area contributed by atoms with Gasteiger partial charge in [0.15, 0.2) is 0 Å². The van der Waals surface area contributed by atoms with Crippen LogP contribution in [0.5, 0.6) is 17.2 Å². The molecule has 0 saturated heterocycles. The Balaban J connectivity index is 2.16. The van der Waals surface area contributed by atoms with Crippen molar-refractivity contribution in [1.82, 2.24) is 5.32 Å². The zero-order valence-electron chi connectivity index (χ0n) is 13.0. The summed E-state index contributed by atoms with van der Waals surface area (Å²) in [6.45, 7) is 8.60. The minimum atomic E-state index is 0.653. The molecule has 2 rings (SSSR count). The lowest BCUT2D eigenvalue weighted by Crippen LogP contribution is -2.11. The van der Waals surface area contributed by atoms with E-state index < -0.39 is 0 Å². The zero-order chi connectivity index (χ0) is 15.1. The van der Waals surface area contributed by atoms with Gasteiger partial charge in [0.2, 0.25) is 0 Å². The Morgan fingerprint density at radius 2 is 1.81 bits per heavy atom. The van der Waals surface area contributed by atoms with Gasteiger partial charge in [-0.3, -0.25) is 0 Å². The van der Waals surface area contributed by atoms with E-state index >= 15 is 0 Å². The third-order valence-corrected chi connectivity index (χ3v) is 3.18. The second-order valence-corrected chi connectivity index (χ2v) is 4.89. The topological polar surface area (TPSA) is 30.5 Å². The van der Waals surface area contributed by atoms with Crippen molar-refractivity contribution in [2.75, 3.05) is 13.2 Å². The lowest BCUT2D eigenvalue weighted by molar-refractivity contribution is 0.338. The van der Waals surface area contributed by atoms with E-state index in [9.17, 15) is 0 Å². The van der Waals surface area contributed by atoms with Crippen molar-refractivity contribution in [2.45, 2.75) is 27.3 Å². The van der Waals surface area contributed by atoms with Crippen LogP contribution >= 0.6 is 0 Å². The molecule has 3 nitrogen and oxygen atoms in total. The highest BCUT2D eigenvalue weighted by Gasteiger charge is 2.04. The Morgan fingerprint density at radius 1 is 1.00 bits per heavy atom. The lowest BCUT2D eigenvalue weighted by Gasteiger charge is -2.12. The van der Waals surface area contributed by atoms with Crippen molar-refractivity contribution in [3.63, 3.8) is 0 Å². The molecule has 0 aromatic heterocycles. The summed E-state index contributed by atoms with van der Waals surface area (Å²) < 4.78 is 11.5. The predicted octanol–water partition coefficient (Wildman–Crippen LogP) is 4.30. The highest BCUT2D eigenvalue weighted by atomic mass is 16.5. The van der Waals surface area contributed by atoms with Gasteiger partial charge in [-0.1, -0.05) is 25.1 Å². The minimum Gasteiger partial charge on any atom is -0.494 e. The molecule has 0 unspecified atom stereocenters. The molecule has 1 N–H and O–H groups in total. The molecular formula is C18H23NO2. The maximum Gasteiger partial charge on any atom is 0.131 e. The summed E-state index contributed by atoms with van der Waals surface area (Å²) in [5.74, 6) is 2.51. The van der Waals surface area contributed by atoms with E-state index in [-0.39, 0.29) is 0 Å². The van der Waals surface area contributed by atoms with Gasteiger partial charge in [-0.15, -0.1) is 0 Å². The van der Waals surface area contributed by atoms with Crippen LogP contribution < -0.4 is 14.8 Å². The van der Waals surface area contributed by atoms with Gasteiger partial charge in [0.05, 0.1) is 6.61 Å². The number of ether oxygens (including phenoxy) is 2. The molecule has 0 aliphatic carbocycles. The van der Waals surface area contributed by atoms with Gasteiger partial charge in [0, 0.05) is 12.6 Å². The molecule has 3 heteroatoms. The average molecular weight is 285 g/mol. The van der Waals surface area contributed by atoms with Crippen LogP contribution in [0.3, 0.4) is 0 Å². The Bertz CT molecular complexity index is 581. The monoisotopic (exact) mass is 285 g/mol. The summed E-state index contributed by atoms with van der Waals surface area (Å²) >= 11 is 0. The average Bonchev–Trinajstić information content (AvgIpc) is 2.49. The van der Waals surface area contributed by atoms with Gasteiger partial charge in [-0.25, -0.2) is 0 Å². The van der Waals surface area contributed by atoms with Crippen LogP contribution in [-0.2, 0) is 6.54 Å². The predicted molar refractivity (Wildman–Crippen MR) is 86.2 cm³/mol. The van der Waals surface area contributed by atoms with E-state index in [1.54, 1.807) is 0 Å². The Kier molecular flexibility index (Phi) is 5.64. The standard InChI is InChI=1S/C18H23NO2/c1-4-19-13-15-10-9-14(3)18(11-15)21-17-8-6-7-16(12-17)20-5-2/h6-12,19H,4-5,13H2,1-3H3. The van der Waals surface area contributed by atoms with Crippen LogP contribution in [0.1, 0.15) is 25.0 Å². The third kappa shape index (κ3) is 4.50. The number of benzene rings is 2. The molecule has 112 valence electrons. The fraction of sp³-hybridized carbons (Fsp3) is 0.333. The third-order valence-electron chi connectivity index (χ3n) is 3.18. The summed E-state index contributed by atoms with van der Waals surface area (Å²) in [4.78, 5) is 0. The smallest absolute Gasteiger partial charge is 0.131 e. The van der Waals surface area contributed by atoms with Crippen LogP contribution in [0.25, 0.3) is 0 Å². The fourth-order valence-corrected chi connectivity index (χ4v) is 2.05. The van der Waals surface area contributed by atoms with E-state index in [0.717, 1.165) is 35.9 Å². The zero-order valence-corrected chi connectivity index (χ0v) is 13.0. The van der Waals surface area contributed by atoms with E-state index in [2.05, 4.69) is 37.4 Å². The Morgan fingerprint density at radius 3 is 2.57 bits per heavy atom. The molecule has 0 amide bonds. The molecule has 0 atom stereocenters. The van der Waals surface area contributed by atoms with E-state index in [1.165, 1.54) is 5.56 Å². The van der Waals surface area contributed by atoms with Crippen LogP contribution in [0.4, 0.5) is 0 Å². The summed E-state index contributed by atoms with van der Waals surface area (Å²) in [7, 11) is 0. The molecule has 0 radical (unpaired) electrons. The van der Waals surface area contributed by atoms with E-state index in [1.807, 2.05) is 31.2 Å². The normalized spacial score (nSPS) is 10.4. The molecule has 0 spiro atoms. The first kappa shape index (κ1) is 15.4. The Hall–Kier alpha value is -2.00. The molecule has 0 saturated carbocycles. The first-order valence-corrected chi connectivity index (χ1v) is 7.44. The first-order valence-electron chi connectivity index (χ1n) is 7.44. The summed E-state index contributed by atoms with van der Waals surface area (Å²) in [5, 5.41) is 3.33. The largest absolute Gasteiger partial charge is 0.494 e. The van der Waals surface area contributed by atoms with E-state index in [4.69, 9.17) is 9.47 Å². The van der Waals surface area contributed by atoms with Crippen molar-refractivity contribution in [3.05, 3.63) is 53.6 Å². The van der Waals surface area contributed by atoms with Crippen molar-refractivity contribution < 1.29 is 9.47 Å². The van der Waals surface area contributed by atoms with Crippen molar-refractivity contribution in [2.24, 2.45) is 0 Å². The molecular weight excluding hydrogens is 262 g/mol. The summed E-state index contributed by atoms with van der Waals surface area (Å²) in [6.07, 6.45) is 0. The fourth-order valence-electron chi connectivity index (χ4n) is 2.05. The molecule has 0 fully saturated rings. The molecule has 0 aliphatic rings. The number of nitrogens with one attached hydrogen (secondary N) is 1. The summed E-state index contributed by atoms with van der Waals surface area (Å²) in [6, 6.07) is 14.0. The number of hydrogen-bond donors (Lipinski definition) is 1. The second-order valence-electron chi connectivity index (χ2n) is 4.89. The second kappa shape index (κ2) is 7.70. The number of rotatable bonds is 7. The number of aryl methyl sites for hydroxylation is 1. The molecule has 21 heavy (non-hydrogen) atoms. The van der Waals surface area contributed by atoms with Gasteiger partial charge in [-0.05, 0) is 49.7 Å². The van der Waals surface area contributed by atoms with Gasteiger partial charge in [0.1, 0.15) is 17.2 Å². The van der Waals surface area contributed by atoms with Crippen molar-refractivity contribution >= 4 is 0 Å².